The van der Waals surface area contributed by atoms with Crippen LogP contribution >= 0.6 is 0 Å². The minimum absolute atomic E-state index is 0.130. The number of carbonyl (C=O) groups is 1. The van der Waals surface area contributed by atoms with Crippen LogP contribution in [0.15, 0.2) is 48.7 Å². The van der Waals surface area contributed by atoms with Gasteiger partial charge in [0.1, 0.15) is 5.82 Å². The van der Waals surface area contributed by atoms with E-state index in [4.69, 9.17) is 0 Å². The maximum absolute atomic E-state index is 13.5. The molecule has 1 amide bonds. The van der Waals surface area contributed by atoms with Gasteiger partial charge in [0, 0.05) is 46.5 Å². The molecule has 0 unspecified atom stereocenters. The van der Waals surface area contributed by atoms with Crippen molar-refractivity contribution >= 4 is 34.1 Å². The number of fused-ring (bicyclic) bond motifs is 2. The van der Waals surface area contributed by atoms with Crippen molar-refractivity contribution < 1.29 is 9.18 Å². The number of carbonyl (C=O) groups excluding carboxylic acids is 1. The number of nitrogens with one attached hydrogen (secondary N) is 1. The highest BCUT2D eigenvalue weighted by Crippen LogP contribution is 2.34. The second-order valence-electron chi connectivity index (χ2n) is 5.41. The first-order valence-corrected chi connectivity index (χ1v) is 7.00. The number of anilines is 1. The summed E-state index contributed by atoms with van der Waals surface area (Å²) in [6.07, 6.45) is 3.73. The van der Waals surface area contributed by atoms with Gasteiger partial charge in [-0.1, -0.05) is 18.2 Å². The Bertz CT molecular complexity index is 953. The molecule has 1 N–H and O–H groups in total. The molecular weight excluding hydrogens is 279 g/mol. The van der Waals surface area contributed by atoms with E-state index in [1.807, 2.05) is 48.2 Å². The van der Waals surface area contributed by atoms with Gasteiger partial charge in [0.2, 0.25) is 0 Å². The Labute approximate surface area is 126 Å². The molecule has 0 atom stereocenters. The highest BCUT2D eigenvalue weighted by molar-refractivity contribution is 6.35. The summed E-state index contributed by atoms with van der Waals surface area (Å²) in [4.78, 5) is 12.2. The van der Waals surface area contributed by atoms with Gasteiger partial charge in [0.15, 0.2) is 0 Å². The predicted octanol–water partition coefficient (Wildman–Crippen LogP) is 3.81. The van der Waals surface area contributed by atoms with Gasteiger partial charge in [0.05, 0.1) is 0 Å². The van der Waals surface area contributed by atoms with E-state index in [-0.39, 0.29) is 11.7 Å². The Morgan fingerprint density at radius 3 is 2.86 bits per heavy atom. The zero-order valence-electron chi connectivity index (χ0n) is 11.9. The van der Waals surface area contributed by atoms with E-state index in [9.17, 15) is 9.18 Å². The molecule has 1 aliphatic heterocycles. The van der Waals surface area contributed by atoms with E-state index in [0.29, 0.717) is 5.57 Å². The Morgan fingerprint density at radius 1 is 1.18 bits per heavy atom. The first kappa shape index (κ1) is 12.8. The zero-order chi connectivity index (χ0) is 15.3. The van der Waals surface area contributed by atoms with E-state index < -0.39 is 0 Å². The summed E-state index contributed by atoms with van der Waals surface area (Å²) in [7, 11) is 1.91. The predicted molar refractivity (Wildman–Crippen MR) is 85.8 cm³/mol. The Kier molecular flexibility index (Phi) is 2.66. The molecule has 1 aliphatic rings. The number of rotatable bonds is 1. The number of amides is 1. The molecule has 0 aliphatic carbocycles. The molecule has 2 heterocycles. The van der Waals surface area contributed by atoms with E-state index in [2.05, 4.69) is 5.32 Å². The van der Waals surface area contributed by atoms with Gasteiger partial charge in [-0.15, -0.1) is 0 Å². The number of para-hydroxylation sites is 1. The van der Waals surface area contributed by atoms with Crippen molar-refractivity contribution in [1.82, 2.24) is 4.57 Å². The molecule has 3 aromatic rings. The van der Waals surface area contributed by atoms with Crippen molar-refractivity contribution in [3.8, 4) is 0 Å². The molecule has 1 aromatic heterocycles. The largest absolute Gasteiger partial charge is 0.350 e. The molecule has 4 rings (SSSR count). The molecular formula is C18H13FN2O. The molecule has 0 bridgehead atoms. The summed E-state index contributed by atoms with van der Waals surface area (Å²) in [6.45, 7) is 0. The van der Waals surface area contributed by atoms with Gasteiger partial charge in [-0.25, -0.2) is 4.39 Å². The van der Waals surface area contributed by atoms with Crippen molar-refractivity contribution in [2.24, 2.45) is 7.05 Å². The highest BCUT2D eigenvalue weighted by atomic mass is 19.1. The lowest BCUT2D eigenvalue weighted by atomic mass is 10.0. The first-order valence-electron chi connectivity index (χ1n) is 7.00. The maximum Gasteiger partial charge on any atom is 0.256 e. The first-order chi connectivity index (χ1) is 10.6. The summed E-state index contributed by atoms with van der Waals surface area (Å²) in [6, 6.07) is 12.2. The monoisotopic (exact) mass is 292 g/mol. The SMILES string of the molecule is Cn1cc(C=C2C(=O)Nc3ccccc32)c2cc(F)ccc21. The van der Waals surface area contributed by atoms with E-state index in [1.165, 1.54) is 12.1 Å². The van der Waals surface area contributed by atoms with Crippen LogP contribution in [0.4, 0.5) is 10.1 Å². The molecule has 108 valence electrons. The van der Waals surface area contributed by atoms with Gasteiger partial charge >= 0.3 is 0 Å². The molecule has 0 saturated carbocycles. The number of nitrogens with zero attached hydrogens (tertiary/aromatic N) is 1. The lowest BCUT2D eigenvalue weighted by Crippen LogP contribution is -2.03. The van der Waals surface area contributed by atoms with Crippen LogP contribution in [-0.2, 0) is 11.8 Å². The molecule has 4 heteroatoms. The molecule has 2 aromatic carbocycles. The normalized spacial score (nSPS) is 15.4. The summed E-state index contributed by atoms with van der Waals surface area (Å²) < 4.78 is 15.5. The lowest BCUT2D eigenvalue weighted by molar-refractivity contribution is -0.110. The van der Waals surface area contributed by atoms with E-state index in [0.717, 1.165) is 27.7 Å². The van der Waals surface area contributed by atoms with E-state index in [1.54, 1.807) is 6.07 Å². The second kappa shape index (κ2) is 4.56. The zero-order valence-corrected chi connectivity index (χ0v) is 11.9. The smallest absolute Gasteiger partial charge is 0.256 e. The van der Waals surface area contributed by atoms with Crippen molar-refractivity contribution in [3.05, 3.63) is 65.6 Å². The summed E-state index contributed by atoms with van der Waals surface area (Å²) in [5, 5.41) is 3.64. The number of benzene rings is 2. The molecule has 0 fully saturated rings. The average molecular weight is 292 g/mol. The third-order valence-corrected chi connectivity index (χ3v) is 3.99. The van der Waals surface area contributed by atoms with Crippen molar-refractivity contribution in [3.63, 3.8) is 0 Å². The van der Waals surface area contributed by atoms with Crippen LogP contribution < -0.4 is 5.32 Å². The van der Waals surface area contributed by atoms with Gasteiger partial charge in [-0.2, -0.15) is 0 Å². The van der Waals surface area contributed by atoms with Crippen LogP contribution in [0.1, 0.15) is 11.1 Å². The Hall–Kier alpha value is -2.88. The van der Waals surface area contributed by atoms with Crippen LogP contribution in [0, 0.1) is 5.82 Å². The maximum atomic E-state index is 13.5. The molecule has 3 nitrogen and oxygen atoms in total. The molecule has 0 saturated heterocycles. The molecule has 0 spiro atoms. The second-order valence-corrected chi connectivity index (χ2v) is 5.41. The van der Waals surface area contributed by atoms with Crippen LogP contribution in [0.2, 0.25) is 0 Å². The number of hydrogen-bond donors (Lipinski definition) is 1. The summed E-state index contributed by atoms with van der Waals surface area (Å²) >= 11 is 0. The Morgan fingerprint density at radius 2 is 2.00 bits per heavy atom. The minimum atomic E-state index is -0.283. The van der Waals surface area contributed by atoms with Gasteiger partial charge in [-0.3, -0.25) is 4.79 Å². The van der Waals surface area contributed by atoms with Crippen LogP contribution in [-0.4, -0.2) is 10.5 Å². The van der Waals surface area contributed by atoms with Crippen LogP contribution in [0.25, 0.3) is 22.6 Å². The average Bonchev–Trinajstić information content (AvgIpc) is 2.98. The summed E-state index contributed by atoms with van der Waals surface area (Å²) in [5.41, 5.74) is 4.05. The Balaban J connectivity index is 1.94. The van der Waals surface area contributed by atoms with Crippen molar-refractivity contribution in [2.45, 2.75) is 0 Å². The number of aryl methyl sites for hydroxylation is 1. The van der Waals surface area contributed by atoms with Crippen LogP contribution in [0.5, 0.6) is 0 Å². The molecule has 22 heavy (non-hydrogen) atoms. The lowest BCUT2D eigenvalue weighted by Gasteiger charge is -1.98. The van der Waals surface area contributed by atoms with Crippen molar-refractivity contribution in [2.75, 3.05) is 5.32 Å². The third-order valence-electron chi connectivity index (χ3n) is 3.99. The van der Waals surface area contributed by atoms with Crippen molar-refractivity contribution in [1.29, 1.82) is 0 Å². The third kappa shape index (κ3) is 1.84. The fourth-order valence-electron chi connectivity index (χ4n) is 2.95. The van der Waals surface area contributed by atoms with Crippen LogP contribution in [0.3, 0.4) is 0 Å². The number of aromatic nitrogens is 1. The van der Waals surface area contributed by atoms with Gasteiger partial charge < -0.3 is 9.88 Å². The minimum Gasteiger partial charge on any atom is -0.350 e. The topological polar surface area (TPSA) is 34.0 Å². The number of halogens is 1. The highest BCUT2D eigenvalue weighted by Gasteiger charge is 2.23. The van der Waals surface area contributed by atoms with Gasteiger partial charge in [-0.05, 0) is 30.3 Å². The van der Waals surface area contributed by atoms with E-state index >= 15 is 0 Å². The standard InChI is InChI=1S/C18H13FN2O/c1-21-10-11(14-9-12(19)6-7-17(14)21)8-15-13-4-2-3-5-16(13)20-18(15)22/h2-10H,1H3,(H,20,22). The fourth-order valence-corrected chi connectivity index (χ4v) is 2.95. The molecule has 0 radical (unpaired) electrons. The fraction of sp³-hybridized carbons (Fsp3) is 0.0556. The number of hydrogen-bond acceptors (Lipinski definition) is 1. The van der Waals surface area contributed by atoms with Gasteiger partial charge in [0.25, 0.3) is 5.91 Å². The summed E-state index contributed by atoms with van der Waals surface area (Å²) in [5.74, 6) is -0.413. The quantitative estimate of drug-likeness (QED) is 0.680.